The maximum Gasteiger partial charge on any atom is 0.225 e. The third kappa shape index (κ3) is 2.77. The van der Waals surface area contributed by atoms with Crippen molar-refractivity contribution in [2.45, 2.75) is 51.9 Å². The van der Waals surface area contributed by atoms with Crippen molar-refractivity contribution in [3.63, 3.8) is 0 Å². The van der Waals surface area contributed by atoms with Gasteiger partial charge in [0, 0.05) is 11.4 Å². The standard InChI is InChI=1S/C15H20ClN3S/c1-2-3-6-9-17-15-18-13(16)12-10-7-4-5-8-11(10)20-14(12)19-15/h2-9H2,1H3,(H,17,18,19). The number of fused-ring (bicyclic) bond motifs is 3. The molecule has 108 valence electrons. The van der Waals surface area contributed by atoms with Gasteiger partial charge in [-0.25, -0.2) is 9.97 Å². The van der Waals surface area contributed by atoms with Crippen molar-refractivity contribution in [3.05, 3.63) is 15.6 Å². The zero-order chi connectivity index (χ0) is 13.9. The Hall–Kier alpha value is -0.870. The average Bonchev–Trinajstić information content (AvgIpc) is 2.82. The zero-order valence-electron chi connectivity index (χ0n) is 11.8. The van der Waals surface area contributed by atoms with E-state index in [-0.39, 0.29) is 0 Å². The highest BCUT2D eigenvalue weighted by molar-refractivity contribution is 7.19. The van der Waals surface area contributed by atoms with Crippen LogP contribution >= 0.6 is 22.9 Å². The molecule has 0 atom stereocenters. The Morgan fingerprint density at radius 1 is 1.20 bits per heavy atom. The highest BCUT2D eigenvalue weighted by Gasteiger charge is 2.20. The second kappa shape index (κ2) is 6.27. The zero-order valence-corrected chi connectivity index (χ0v) is 13.4. The van der Waals surface area contributed by atoms with Crippen LogP contribution in [-0.4, -0.2) is 16.5 Å². The first-order chi connectivity index (χ1) is 9.79. The third-order valence-corrected chi connectivity index (χ3v) is 5.29. The van der Waals surface area contributed by atoms with E-state index in [4.69, 9.17) is 11.6 Å². The van der Waals surface area contributed by atoms with Crippen molar-refractivity contribution >= 4 is 39.1 Å². The molecule has 1 aliphatic carbocycles. The van der Waals surface area contributed by atoms with Gasteiger partial charge in [0.2, 0.25) is 5.95 Å². The molecular weight excluding hydrogens is 290 g/mol. The van der Waals surface area contributed by atoms with Crippen molar-refractivity contribution in [1.82, 2.24) is 9.97 Å². The van der Waals surface area contributed by atoms with Crippen LogP contribution < -0.4 is 5.32 Å². The summed E-state index contributed by atoms with van der Waals surface area (Å²) >= 11 is 8.19. The number of aromatic nitrogens is 2. The number of unbranched alkanes of at least 4 members (excludes halogenated alkanes) is 2. The van der Waals surface area contributed by atoms with Crippen LogP contribution in [0.4, 0.5) is 5.95 Å². The summed E-state index contributed by atoms with van der Waals surface area (Å²) in [6, 6.07) is 0. The quantitative estimate of drug-likeness (QED) is 0.635. The summed E-state index contributed by atoms with van der Waals surface area (Å²) in [5, 5.41) is 5.01. The fraction of sp³-hybridized carbons (Fsp3) is 0.600. The highest BCUT2D eigenvalue weighted by Crippen LogP contribution is 2.38. The summed E-state index contributed by atoms with van der Waals surface area (Å²) in [6.07, 6.45) is 8.44. The molecule has 1 aliphatic rings. The average molecular weight is 310 g/mol. The van der Waals surface area contributed by atoms with E-state index >= 15 is 0 Å². The first-order valence-corrected chi connectivity index (χ1v) is 8.70. The molecule has 0 bridgehead atoms. The van der Waals surface area contributed by atoms with E-state index in [0.29, 0.717) is 11.1 Å². The molecule has 3 rings (SSSR count). The van der Waals surface area contributed by atoms with Gasteiger partial charge in [-0.2, -0.15) is 0 Å². The lowest BCUT2D eigenvalue weighted by Gasteiger charge is -2.10. The number of rotatable bonds is 5. The number of hydrogen-bond acceptors (Lipinski definition) is 4. The Labute approximate surface area is 128 Å². The SMILES string of the molecule is CCCCCNc1nc(Cl)c2c3c(sc2n1)CCCC3. The second-order valence-electron chi connectivity index (χ2n) is 5.36. The van der Waals surface area contributed by atoms with Crippen LogP contribution in [0.2, 0.25) is 5.15 Å². The first-order valence-electron chi connectivity index (χ1n) is 7.51. The molecule has 0 amide bonds. The maximum absolute atomic E-state index is 6.40. The minimum absolute atomic E-state index is 0.618. The minimum atomic E-state index is 0.618. The van der Waals surface area contributed by atoms with Gasteiger partial charge in [0.05, 0.1) is 5.39 Å². The summed E-state index contributed by atoms with van der Waals surface area (Å²) < 4.78 is 0. The second-order valence-corrected chi connectivity index (χ2v) is 6.80. The topological polar surface area (TPSA) is 37.8 Å². The predicted octanol–water partition coefficient (Wildman–Crippen LogP) is 4.83. The van der Waals surface area contributed by atoms with Gasteiger partial charge in [0.25, 0.3) is 0 Å². The smallest absolute Gasteiger partial charge is 0.225 e. The summed E-state index contributed by atoms with van der Waals surface area (Å²) in [6.45, 7) is 3.12. The van der Waals surface area contributed by atoms with Gasteiger partial charge in [-0.15, -0.1) is 11.3 Å². The molecule has 0 saturated heterocycles. The molecule has 20 heavy (non-hydrogen) atoms. The Morgan fingerprint density at radius 2 is 2.05 bits per heavy atom. The van der Waals surface area contributed by atoms with E-state index in [1.54, 1.807) is 11.3 Å². The van der Waals surface area contributed by atoms with Crippen molar-refractivity contribution in [2.24, 2.45) is 0 Å². The minimum Gasteiger partial charge on any atom is -0.354 e. The predicted molar refractivity (Wildman–Crippen MR) is 87.1 cm³/mol. The lowest BCUT2D eigenvalue weighted by Crippen LogP contribution is -2.05. The van der Waals surface area contributed by atoms with Gasteiger partial charge in [0.1, 0.15) is 9.98 Å². The first kappa shape index (κ1) is 14.1. The normalized spacial score (nSPS) is 14.5. The number of halogens is 1. The summed E-state index contributed by atoms with van der Waals surface area (Å²) in [4.78, 5) is 11.6. The molecular formula is C15H20ClN3S. The molecule has 0 fully saturated rings. The lowest BCUT2D eigenvalue weighted by molar-refractivity contribution is 0.700. The third-order valence-electron chi connectivity index (χ3n) is 3.83. The molecule has 2 aromatic rings. The van der Waals surface area contributed by atoms with E-state index in [9.17, 15) is 0 Å². The van der Waals surface area contributed by atoms with Crippen LogP contribution in [0.1, 0.15) is 49.5 Å². The van der Waals surface area contributed by atoms with Crippen LogP contribution in [0.5, 0.6) is 0 Å². The molecule has 5 heteroatoms. The largest absolute Gasteiger partial charge is 0.354 e. The van der Waals surface area contributed by atoms with E-state index < -0.39 is 0 Å². The van der Waals surface area contributed by atoms with Gasteiger partial charge in [-0.1, -0.05) is 31.4 Å². The molecule has 2 heterocycles. The van der Waals surface area contributed by atoms with Crippen LogP contribution in [0, 0.1) is 0 Å². The van der Waals surface area contributed by atoms with Gasteiger partial charge in [-0.3, -0.25) is 0 Å². The van der Waals surface area contributed by atoms with Gasteiger partial charge in [0.15, 0.2) is 0 Å². The fourth-order valence-electron chi connectivity index (χ4n) is 2.77. The van der Waals surface area contributed by atoms with Crippen molar-refractivity contribution in [2.75, 3.05) is 11.9 Å². The number of anilines is 1. The van der Waals surface area contributed by atoms with Crippen LogP contribution in [-0.2, 0) is 12.8 Å². The van der Waals surface area contributed by atoms with Gasteiger partial charge >= 0.3 is 0 Å². The maximum atomic E-state index is 6.40. The van der Waals surface area contributed by atoms with Crippen LogP contribution in [0.3, 0.4) is 0 Å². The lowest BCUT2D eigenvalue weighted by atomic mass is 9.97. The number of thiophene rings is 1. The summed E-state index contributed by atoms with van der Waals surface area (Å²) in [5.41, 5.74) is 1.40. The van der Waals surface area contributed by atoms with Crippen molar-refractivity contribution in [1.29, 1.82) is 0 Å². The van der Waals surface area contributed by atoms with E-state index in [1.807, 2.05) is 0 Å². The molecule has 0 aromatic carbocycles. The molecule has 3 nitrogen and oxygen atoms in total. The molecule has 0 saturated carbocycles. The number of nitrogens with one attached hydrogen (secondary N) is 1. The monoisotopic (exact) mass is 309 g/mol. The van der Waals surface area contributed by atoms with E-state index in [1.165, 1.54) is 42.5 Å². The molecule has 2 aromatic heterocycles. The highest BCUT2D eigenvalue weighted by atomic mass is 35.5. The Bertz CT molecular complexity index is 609. The van der Waals surface area contributed by atoms with Crippen molar-refractivity contribution < 1.29 is 0 Å². The fourth-order valence-corrected chi connectivity index (χ4v) is 4.37. The molecule has 0 aliphatic heterocycles. The molecule has 0 unspecified atom stereocenters. The molecule has 0 spiro atoms. The Balaban J connectivity index is 1.86. The molecule has 0 radical (unpaired) electrons. The number of hydrogen-bond donors (Lipinski definition) is 1. The van der Waals surface area contributed by atoms with Crippen molar-refractivity contribution in [3.8, 4) is 0 Å². The number of aryl methyl sites for hydroxylation is 2. The van der Waals surface area contributed by atoms with E-state index in [0.717, 1.165) is 29.6 Å². The molecule has 1 N–H and O–H groups in total. The van der Waals surface area contributed by atoms with Gasteiger partial charge in [-0.05, 0) is 37.7 Å². The Kier molecular flexibility index (Phi) is 4.41. The summed E-state index contributed by atoms with van der Waals surface area (Å²) in [5.74, 6) is 0.678. The van der Waals surface area contributed by atoms with Crippen LogP contribution in [0.15, 0.2) is 0 Å². The van der Waals surface area contributed by atoms with E-state index in [2.05, 4.69) is 22.2 Å². The number of nitrogens with zero attached hydrogens (tertiary/aromatic N) is 2. The van der Waals surface area contributed by atoms with Crippen LogP contribution in [0.25, 0.3) is 10.2 Å². The van der Waals surface area contributed by atoms with Gasteiger partial charge < -0.3 is 5.32 Å². The Morgan fingerprint density at radius 3 is 2.90 bits per heavy atom. The summed E-state index contributed by atoms with van der Waals surface area (Å²) in [7, 11) is 0.